The summed E-state index contributed by atoms with van der Waals surface area (Å²) in [4.78, 5) is 13.7. The van der Waals surface area contributed by atoms with Gasteiger partial charge in [0.2, 0.25) is 5.91 Å². The van der Waals surface area contributed by atoms with Gasteiger partial charge in [-0.2, -0.15) is 0 Å². The van der Waals surface area contributed by atoms with Gasteiger partial charge in [-0.15, -0.1) is 0 Å². The highest BCUT2D eigenvalue weighted by atomic mass is 16.2. The Morgan fingerprint density at radius 3 is 2.70 bits per heavy atom. The summed E-state index contributed by atoms with van der Waals surface area (Å²) < 4.78 is 0. The second-order valence-corrected chi connectivity index (χ2v) is 6.27. The van der Waals surface area contributed by atoms with Crippen LogP contribution in [0, 0.1) is 0 Å². The van der Waals surface area contributed by atoms with Crippen LogP contribution in [0.2, 0.25) is 0 Å². The maximum atomic E-state index is 11.7. The van der Waals surface area contributed by atoms with Gasteiger partial charge in [-0.3, -0.25) is 4.79 Å². The first kappa shape index (κ1) is 13.6. The van der Waals surface area contributed by atoms with Crippen molar-refractivity contribution in [3.63, 3.8) is 0 Å². The molecular formula is C17H24N2O. The maximum Gasteiger partial charge on any atom is 0.223 e. The molecule has 1 aliphatic heterocycles. The van der Waals surface area contributed by atoms with E-state index in [-0.39, 0.29) is 11.3 Å². The topological polar surface area (TPSA) is 46.3 Å². The molecule has 3 rings (SSSR count). The normalized spacial score (nSPS) is 20.8. The zero-order valence-corrected chi connectivity index (χ0v) is 12.3. The quantitative estimate of drug-likeness (QED) is 0.900. The Labute approximate surface area is 121 Å². The fourth-order valence-corrected chi connectivity index (χ4v) is 4.07. The first-order chi connectivity index (χ1) is 9.68. The Kier molecular flexibility index (Phi) is 3.55. The van der Waals surface area contributed by atoms with Crippen molar-refractivity contribution < 1.29 is 4.79 Å². The van der Waals surface area contributed by atoms with Crippen LogP contribution < -0.4 is 10.6 Å². The standard InChI is InChI=1S/C17H24N2O/c1-13(20)19-11-8-14-15(6-5-7-16(14)19)17(12-18)9-3-2-4-10-17/h5-7H,2-4,8-12,18H2,1H3. The van der Waals surface area contributed by atoms with E-state index in [2.05, 4.69) is 18.2 Å². The number of carbonyl (C=O) groups excluding carboxylic acids is 1. The monoisotopic (exact) mass is 272 g/mol. The molecule has 0 atom stereocenters. The lowest BCUT2D eigenvalue weighted by atomic mass is 9.68. The Morgan fingerprint density at radius 2 is 2.05 bits per heavy atom. The second kappa shape index (κ2) is 5.21. The average molecular weight is 272 g/mol. The number of rotatable bonds is 2. The van der Waals surface area contributed by atoms with Gasteiger partial charge in [0.15, 0.2) is 0 Å². The van der Waals surface area contributed by atoms with Gasteiger partial charge in [0, 0.05) is 31.1 Å². The first-order valence-electron chi connectivity index (χ1n) is 7.78. The Bertz CT molecular complexity index is 518. The number of amides is 1. The van der Waals surface area contributed by atoms with Crippen LogP contribution in [-0.4, -0.2) is 19.0 Å². The number of hydrogen-bond acceptors (Lipinski definition) is 2. The summed E-state index contributed by atoms with van der Waals surface area (Å²) in [6.45, 7) is 3.20. The van der Waals surface area contributed by atoms with Gasteiger partial charge in [0.25, 0.3) is 0 Å². The van der Waals surface area contributed by atoms with Gasteiger partial charge >= 0.3 is 0 Å². The van der Waals surface area contributed by atoms with Crippen molar-refractivity contribution in [3.05, 3.63) is 29.3 Å². The van der Waals surface area contributed by atoms with Gasteiger partial charge < -0.3 is 10.6 Å². The van der Waals surface area contributed by atoms with Crippen molar-refractivity contribution in [1.82, 2.24) is 0 Å². The third kappa shape index (κ3) is 2.05. The molecule has 3 heteroatoms. The van der Waals surface area contributed by atoms with Crippen molar-refractivity contribution in [1.29, 1.82) is 0 Å². The molecule has 0 unspecified atom stereocenters. The zero-order valence-electron chi connectivity index (χ0n) is 12.3. The molecular weight excluding hydrogens is 248 g/mol. The molecule has 0 saturated heterocycles. The van der Waals surface area contributed by atoms with Gasteiger partial charge in [-0.1, -0.05) is 31.4 Å². The van der Waals surface area contributed by atoms with Crippen LogP contribution in [0.25, 0.3) is 0 Å². The molecule has 1 saturated carbocycles. The Balaban J connectivity index is 2.05. The molecule has 1 amide bonds. The maximum absolute atomic E-state index is 11.7. The zero-order chi connectivity index (χ0) is 14.2. The molecule has 0 radical (unpaired) electrons. The molecule has 1 aromatic carbocycles. The van der Waals surface area contributed by atoms with Crippen molar-refractivity contribution in [3.8, 4) is 0 Å². The minimum Gasteiger partial charge on any atom is -0.330 e. The van der Waals surface area contributed by atoms with E-state index in [1.165, 1.54) is 43.2 Å². The summed E-state index contributed by atoms with van der Waals surface area (Å²) in [6, 6.07) is 6.43. The van der Waals surface area contributed by atoms with Crippen molar-refractivity contribution in [2.45, 2.75) is 50.9 Å². The molecule has 1 fully saturated rings. The third-order valence-corrected chi connectivity index (χ3v) is 5.18. The number of anilines is 1. The van der Waals surface area contributed by atoms with E-state index in [0.29, 0.717) is 0 Å². The molecule has 1 aliphatic carbocycles. The van der Waals surface area contributed by atoms with E-state index >= 15 is 0 Å². The molecule has 1 heterocycles. The number of fused-ring (bicyclic) bond motifs is 1. The molecule has 0 spiro atoms. The molecule has 20 heavy (non-hydrogen) atoms. The van der Waals surface area contributed by atoms with Gasteiger partial charge in [0.1, 0.15) is 0 Å². The van der Waals surface area contributed by atoms with Gasteiger partial charge in [-0.05, 0) is 36.5 Å². The van der Waals surface area contributed by atoms with Crippen LogP contribution in [0.5, 0.6) is 0 Å². The predicted molar refractivity (Wildman–Crippen MR) is 82.0 cm³/mol. The lowest BCUT2D eigenvalue weighted by molar-refractivity contribution is -0.116. The fourth-order valence-electron chi connectivity index (χ4n) is 4.07. The number of carbonyl (C=O) groups is 1. The van der Waals surface area contributed by atoms with Gasteiger partial charge in [0.05, 0.1) is 0 Å². The molecule has 2 aliphatic rings. The van der Waals surface area contributed by atoms with E-state index in [1.807, 2.05) is 4.90 Å². The predicted octanol–water partition coefficient (Wildman–Crippen LogP) is 2.76. The van der Waals surface area contributed by atoms with Crippen molar-refractivity contribution >= 4 is 11.6 Å². The van der Waals surface area contributed by atoms with Crippen LogP contribution in [0.15, 0.2) is 18.2 Å². The number of nitrogens with two attached hydrogens (primary N) is 1. The van der Waals surface area contributed by atoms with Crippen molar-refractivity contribution in [2.75, 3.05) is 18.0 Å². The molecule has 3 nitrogen and oxygen atoms in total. The summed E-state index contributed by atoms with van der Waals surface area (Å²) in [6.07, 6.45) is 7.25. The summed E-state index contributed by atoms with van der Waals surface area (Å²) >= 11 is 0. The van der Waals surface area contributed by atoms with Gasteiger partial charge in [-0.25, -0.2) is 0 Å². The Morgan fingerprint density at radius 1 is 1.30 bits per heavy atom. The molecule has 2 N–H and O–H groups in total. The fraction of sp³-hybridized carbons (Fsp3) is 0.588. The van der Waals surface area contributed by atoms with E-state index in [4.69, 9.17) is 5.73 Å². The highest BCUT2D eigenvalue weighted by Crippen LogP contribution is 2.44. The highest BCUT2D eigenvalue weighted by Gasteiger charge is 2.37. The molecule has 108 valence electrons. The largest absolute Gasteiger partial charge is 0.330 e. The van der Waals surface area contributed by atoms with Crippen LogP contribution in [0.1, 0.15) is 50.2 Å². The van der Waals surface area contributed by atoms with Crippen LogP contribution in [0.4, 0.5) is 5.69 Å². The minimum atomic E-state index is 0.145. The molecule has 0 bridgehead atoms. The summed E-state index contributed by atoms with van der Waals surface area (Å²) in [5.74, 6) is 0.145. The second-order valence-electron chi connectivity index (χ2n) is 6.27. The van der Waals surface area contributed by atoms with E-state index < -0.39 is 0 Å². The Hall–Kier alpha value is -1.35. The average Bonchev–Trinajstić information content (AvgIpc) is 2.92. The van der Waals surface area contributed by atoms with E-state index in [1.54, 1.807) is 6.92 Å². The van der Waals surface area contributed by atoms with Crippen LogP contribution in [0.3, 0.4) is 0 Å². The van der Waals surface area contributed by atoms with Crippen LogP contribution in [-0.2, 0) is 16.6 Å². The lowest BCUT2D eigenvalue weighted by Gasteiger charge is -2.38. The smallest absolute Gasteiger partial charge is 0.223 e. The third-order valence-electron chi connectivity index (χ3n) is 5.18. The van der Waals surface area contributed by atoms with E-state index in [0.717, 1.165) is 25.2 Å². The SMILES string of the molecule is CC(=O)N1CCc2c1cccc2C1(CN)CCCCC1. The van der Waals surface area contributed by atoms with E-state index in [9.17, 15) is 4.79 Å². The summed E-state index contributed by atoms with van der Waals surface area (Å²) in [5.41, 5.74) is 10.2. The number of hydrogen-bond donors (Lipinski definition) is 1. The number of nitrogens with zero attached hydrogens (tertiary/aromatic N) is 1. The molecule has 1 aromatic rings. The van der Waals surface area contributed by atoms with Crippen LogP contribution >= 0.6 is 0 Å². The summed E-state index contributed by atoms with van der Waals surface area (Å²) in [5, 5.41) is 0. The summed E-state index contributed by atoms with van der Waals surface area (Å²) in [7, 11) is 0. The highest BCUT2D eigenvalue weighted by molar-refractivity contribution is 5.94. The minimum absolute atomic E-state index is 0.145. The number of benzene rings is 1. The first-order valence-corrected chi connectivity index (χ1v) is 7.78. The molecule has 0 aromatic heterocycles. The lowest BCUT2D eigenvalue weighted by Crippen LogP contribution is -2.38. The van der Waals surface area contributed by atoms with Crippen molar-refractivity contribution in [2.24, 2.45) is 5.73 Å².